The Morgan fingerprint density at radius 3 is 2.02 bits per heavy atom. The van der Waals surface area contributed by atoms with E-state index in [-0.39, 0.29) is 40.7 Å². The number of benzene rings is 2. The van der Waals surface area contributed by atoms with Gasteiger partial charge in [0, 0.05) is 19.4 Å². The Bertz CT molecular complexity index is 1250. The molecule has 0 spiro atoms. The van der Waals surface area contributed by atoms with Crippen LogP contribution in [0, 0.1) is 5.41 Å². The number of aldehydes is 1. The van der Waals surface area contributed by atoms with Crippen LogP contribution in [0.3, 0.4) is 0 Å². The number of fused-ring (bicyclic) bond motifs is 1. The summed E-state index contributed by atoms with van der Waals surface area (Å²) < 4.78 is 14.2. The van der Waals surface area contributed by atoms with Crippen molar-refractivity contribution in [2.75, 3.05) is 6.54 Å². The molecule has 2 aromatic carbocycles. The van der Waals surface area contributed by atoms with Crippen molar-refractivity contribution in [2.24, 2.45) is 5.41 Å². The lowest BCUT2D eigenvalue weighted by Gasteiger charge is -2.42. The second-order valence-corrected chi connectivity index (χ2v) is 24.8. The van der Waals surface area contributed by atoms with Crippen molar-refractivity contribution < 1.29 is 18.4 Å². The molecule has 1 heterocycles. The zero-order chi connectivity index (χ0) is 30.4. The summed E-state index contributed by atoms with van der Waals surface area (Å²) in [5.74, 6) is 0.0164. The maximum Gasteiger partial charge on any atom is 0.232 e. The summed E-state index contributed by atoms with van der Waals surface area (Å²) in [5, 5.41) is 0.0149. The minimum Gasteiger partial charge on any atom is -0.411 e. The molecule has 0 unspecified atom stereocenters. The maximum absolute atomic E-state index is 14.9. The van der Waals surface area contributed by atoms with Crippen LogP contribution in [0.15, 0.2) is 54.6 Å². The van der Waals surface area contributed by atoms with Gasteiger partial charge in [-0.05, 0) is 59.4 Å². The highest BCUT2D eigenvalue weighted by atomic mass is 28.4. The van der Waals surface area contributed by atoms with Crippen molar-refractivity contribution in [3.8, 4) is 0 Å². The number of hydrogen-bond donors (Lipinski definition) is 0. The lowest BCUT2D eigenvalue weighted by atomic mass is 9.75. The number of likely N-dealkylation sites (tertiary alicyclic amines) is 1. The first-order valence-electron chi connectivity index (χ1n) is 15.2. The zero-order valence-corrected chi connectivity index (χ0v) is 28.9. The van der Waals surface area contributed by atoms with Gasteiger partial charge in [0.15, 0.2) is 16.6 Å². The first-order valence-corrected chi connectivity index (χ1v) is 21.0. The van der Waals surface area contributed by atoms with E-state index in [0.29, 0.717) is 13.0 Å². The fourth-order valence-corrected chi connectivity index (χ4v) is 8.63. The van der Waals surface area contributed by atoms with Crippen LogP contribution in [0.1, 0.15) is 70.7 Å². The van der Waals surface area contributed by atoms with Gasteiger partial charge in [-0.15, -0.1) is 0 Å². The fraction of sp³-hybridized carbons (Fsp3) is 0.588. The highest BCUT2D eigenvalue weighted by molar-refractivity contribution is 6.74. The Hall–Kier alpha value is -2.07. The SMILES string of the molecule is CC(C)(C)[Si](C)(C)O[C@H]1CN([C@H]2c3ccccc3C[C@H]2O[Si](C)(C)C(C)(C)C)C(=O)[C@@]1(CC=O)Cc1ccccc1. The van der Waals surface area contributed by atoms with E-state index in [1.54, 1.807) is 0 Å². The van der Waals surface area contributed by atoms with E-state index in [1.807, 2.05) is 23.1 Å². The van der Waals surface area contributed by atoms with E-state index in [2.05, 4.69) is 104 Å². The molecular formula is C34H51NO4Si2. The van der Waals surface area contributed by atoms with E-state index in [1.165, 1.54) is 5.56 Å². The molecule has 1 saturated heterocycles. The van der Waals surface area contributed by atoms with Crippen LogP contribution in [0.4, 0.5) is 0 Å². The monoisotopic (exact) mass is 593 g/mol. The van der Waals surface area contributed by atoms with Gasteiger partial charge < -0.3 is 18.5 Å². The van der Waals surface area contributed by atoms with E-state index in [0.717, 1.165) is 23.8 Å². The molecule has 41 heavy (non-hydrogen) atoms. The molecule has 1 amide bonds. The minimum atomic E-state index is -2.27. The van der Waals surface area contributed by atoms with Crippen LogP contribution in [0.5, 0.6) is 0 Å². The van der Waals surface area contributed by atoms with Crippen molar-refractivity contribution in [2.45, 2.75) is 115 Å². The number of rotatable bonds is 9. The predicted octanol–water partition coefficient (Wildman–Crippen LogP) is 7.72. The van der Waals surface area contributed by atoms with Crippen LogP contribution in [0.25, 0.3) is 0 Å². The third-order valence-corrected chi connectivity index (χ3v) is 19.4. The first-order chi connectivity index (χ1) is 18.9. The van der Waals surface area contributed by atoms with Gasteiger partial charge in [-0.2, -0.15) is 0 Å². The van der Waals surface area contributed by atoms with Gasteiger partial charge in [-0.1, -0.05) is 96.1 Å². The molecule has 0 aromatic heterocycles. The van der Waals surface area contributed by atoms with Crippen molar-refractivity contribution in [3.63, 3.8) is 0 Å². The second kappa shape index (κ2) is 11.2. The average molecular weight is 594 g/mol. The third-order valence-electron chi connectivity index (χ3n) is 10.5. The Labute approximate surface area is 250 Å². The molecular weight excluding hydrogens is 543 g/mol. The molecule has 1 aliphatic carbocycles. The summed E-state index contributed by atoms with van der Waals surface area (Å²) in [6.45, 7) is 23.0. The number of hydrogen-bond acceptors (Lipinski definition) is 4. The fourth-order valence-electron chi connectivity index (χ4n) is 5.94. The van der Waals surface area contributed by atoms with Gasteiger partial charge in [-0.25, -0.2) is 0 Å². The van der Waals surface area contributed by atoms with E-state index in [9.17, 15) is 9.59 Å². The molecule has 2 aromatic rings. The smallest absolute Gasteiger partial charge is 0.232 e. The van der Waals surface area contributed by atoms with Crippen molar-refractivity contribution >= 4 is 28.8 Å². The summed E-state index contributed by atoms with van der Waals surface area (Å²) in [6, 6.07) is 18.4. The summed E-state index contributed by atoms with van der Waals surface area (Å²) in [6.07, 6.45) is 1.81. The van der Waals surface area contributed by atoms with Crippen LogP contribution in [-0.4, -0.2) is 52.5 Å². The van der Waals surface area contributed by atoms with E-state index >= 15 is 0 Å². The minimum absolute atomic E-state index is 0.0164. The number of carbonyl (C=O) groups excluding carboxylic acids is 2. The Morgan fingerprint density at radius 2 is 1.44 bits per heavy atom. The standard InChI is InChI=1S/C34H51NO4Si2/c1-32(2,3)40(7,8)38-28-22-26-18-14-15-19-27(26)30(28)35-24-29(39-41(9,10)33(4,5)6)34(20-21-36,31(35)37)23-25-16-12-11-13-17-25/h11-19,21,28-30H,20,22-24H2,1-10H3/t28-,29+,30+,34+/m1/s1. The molecule has 7 heteroatoms. The Kier molecular flexibility index (Phi) is 8.71. The van der Waals surface area contributed by atoms with Gasteiger partial charge in [-0.3, -0.25) is 4.79 Å². The average Bonchev–Trinajstić information content (AvgIpc) is 3.33. The normalized spacial score (nSPS) is 25.5. The molecule has 5 nitrogen and oxygen atoms in total. The van der Waals surface area contributed by atoms with Gasteiger partial charge >= 0.3 is 0 Å². The molecule has 0 bridgehead atoms. The predicted molar refractivity (Wildman–Crippen MR) is 172 cm³/mol. The number of amides is 1. The highest BCUT2D eigenvalue weighted by Crippen LogP contribution is 2.51. The molecule has 4 rings (SSSR count). The van der Waals surface area contributed by atoms with E-state index < -0.39 is 22.0 Å². The van der Waals surface area contributed by atoms with Crippen LogP contribution in [0.2, 0.25) is 36.3 Å². The van der Waals surface area contributed by atoms with Crippen LogP contribution in [-0.2, 0) is 31.3 Å². The molecule has 1 aliphatic heterocycles. The lowest BCUT2D eigenvalue weighted by Crippen LogP contribution is -2.50. The molecule has 2 aliphatic rings. The molecule has 1 fully saturated rings. The Balaban J connectivity index is 1.82. The van der Waals surface area contributed by atoms with Crippen molar-refractivity contribution in [3.05, 3.63) is 71.3 Å². The Morgan fingerprint density at radius 1 is 0.878 bits per heavy atom. The summed E-state index contributed by atoms with van der Waals surface area (Å²) in [5.41, 5.74) is 2.50. The topological polar surface area (TPSA) is 55.8 Å². The largest absolute Gasteiger partial charge is 0.411 e. The first kappa shape index (κ1) is 31.9. The van der Waals surface area contributed by atoms with Gasteiger partial charge in [0.05, 0.1) is 23.7 Å². The second-order valence-electron chi connectivity index (χ2n) is 15.3. The molecule has 0 radical (unpaired) electrons. The third kappa shape index (κ3) is 6.06. The van der Waals surface area contributed by atoms with Crippen LogP contribution >= 0.6 is 0 Å². The molecule has 0 saturated carbocycles. The number of nitrogens with zero attached hydrogens (tertiary/aromatic N) is 1. The molecule has 224 valence electrons. The van der Waals surface area contributed by atoms with Crippen LogP contribution < -0.4 is 0 Å². The lowest BCUT2D eigenvalue weighted by molar-refractivity contribution is -0.142. The summed E-state index contributed by atoms with van der Waals surface area (Å²) >= 11 is 0. The van der Waals surface area contributed by atoms with Gasteiger partial charge in [0.1, 0.15) is 6.29 Å². The van der Waals surface area contributed by atoms with Gasteiger partial charge in [0.2, 0.25) is 5.91 Å². The van der Waals surface area contributed by atoms with Gasteiger partial charge in [0.25, 0.3) is 0 Å². The number of carbonyl (C=O) groups is 2. The summed E-state index contributed by atoms with van der Waals surface area (Å²) in [4.78, 5) is 29.3. The van der Waals surface area contributed by atoms with Crippen molar-refractivity contribution in [1.29, 1.82) is 0 Å². The van der Waals surface area contributed by atoms with E-state index in [4.69, 9.17) is 8.85 Å². The quantitative estimate of drug-likeness (QED) is 0.221. The van der Waals surface area contributed by atoms with Crippen molar-refractivity contribution in [1.82, 2.24) is 4.90 Å². The summed E-state index contributed by atoms with van der Waals surface area (Å²) in [7, 11) is -4.41. The zero-order valence-electron chi connectivity index (χ0n) is 26.9. The highest BCUT2D eigenvalue weighted by Gasteiger charge is 2.60. The molecule has 0 N–H and O–H groups in total. The molecule has 4 atom stereocenters. The maximum atomic E-state index is 14.9.